The summed E-state index contributed by atoms with van der Waals surface area (Å²) in [5.41, 5.74) is 5.04. The van der Waals surface area contributed by atoms with E-state index in [9.17, 15) is 4.79 Å². The maximum absolute atomic E-state index is 11.8. The molecule has 2 aliphatic rings. The third-order valence-corrected chi connectivity index (χ3v) is 5.73. The lowest BCUT2D eigenvalue weighted by atomic mass is 10.0. The van der Waals surface area contributed by atoms with Crippen molar-refractivity contribution in [3.05, 3.63) is 99.7 Å². The van der Waals surface area contributed by atoms with E-state index in [-0.39, 0.29) is 5.63 Å². The lowest BCUT2D eigenvalue weighted by Gasteiger charge is -2.12. The van der Waals surface area contributed by atoms with E-state index < -0.39 is 0 Å². The molecule has 1 aliphatic carbocycles. The molecule has 5 heteroatoms. The first kappa shape index (κ1) is 18.5. The van der Waals surface area contributed by atoms with Gasteiger partial charge in [0.05, 0.1) is 16.4 Å². The number of fused-ring (bicyclic) bond motifs is 6. The number of aromatic nitrogens is 1. The average Bonchev–Trinajstić information content (AvgIpc) is 2.79. The lowest BCUT2D eigenvalue weighted by Crippen LogP contribution is -2.06. The van der Waals surface area contributed by atoms with Crippen molar-refractivity contribution in [2.75, 3.05) is 0 Å². The van der Waals surface area contributed by atoms with Gasteiger partial charge in [0.25, 0.3) is 0 Å². The summed E-state index contributed by atoms with van der Waals surface area (Å²) in [6, 6.07) is 23.1. The summed E-state index contributed by atoms with van der Waals surface area (Å²) in [7, 11) is 0. The number of benzene rings is 4. The maximum atomic E-state index is 11.8. The standard InChI is InChI=1S/C27H18N2O3/c1-15-7-9-17(10-8-15)28-20-14-23-26(19-6-4-3-5-18(19)20)29-27-22(31-23)12-11-21-25(27)16(2)13-24(30)32-21/h3-14H,1-2H3. The Hall–Kier alpha value is -4.25. The van der Waals surface area contributed by atoms with Gasteiger partial charge in [0.1, 0.15) is 16.8 Å². The highest BCUT2D eigenvalue weighted by Gasteiger charge is 2.17. The first-order valence-corrected chi connectivity index (χ1v) is 10.4. The fraction of sp³-hybridized carbons (Fsp3) is 0.0741. The molecule has 0 saturated heterocycles. The minimum absolute atomic E-state index is 0.375. The summed E-state index contributed by atoms with van der Waals surface area (Å²) in [4.78, 5) is 21.7. The van der Waals surface area contributed by atoms with E-state index in [1.165, 1.54) is 11.6 Å². The molecule has 5 nitrogen and oxygen atoms in total. The van der Waals surface area contributed by atoms with Crippen LogP contribution in [0.3, 0.4) is 0 Å². The van der Waals surface area contributed by atoms with Gasteiger partial charge in [-0.2, -0.15) is 0 Å². The van der Waals surface area contributed by atoms with E-state index in [2.05, 4.69) is 6.92 Å². The van der Waals surface area contributed by atoms with Gasteiger partial charge in [-0.25, -0.2) is 14.8 Å². The average molecular weight is 418 g/mol. The van der Waals surface area contributed by atoms with Crippen molar-refractivity contribution in [2.24, 2.45) is 4.99 Å². The molecule has 154 valence electrons. The molecule has 4 aromatic rings. The molecule has 32 heavy (non-hydrogen) atoms. The molecule has 0 spiro atoms. The summed E-state index contributed by atoms with van der Waals surface area (Å²) >= 11 is 0. The summed E-state index contributed by atoms with van der Waals surface area (Å²) < 4.78 is 11.7. The van der Waals surface area contributed by atoms with Gasteiger partial charge in [0.2, 0.25) is 0 Å². The second-order valence-electron chi connectivity index (χ2n) is 7.98. The minimum atomic E-state index is -0.375. The molecule has 0 fully saturated rings. The predicted molar refractivity (Wildman–Crippen MR) is 125 cm³/mol. The fourth-order valence-electron chi connectivity index (χ4n) is 4.19. The third kappa shape index (κ3) is 2.90. The molecule has 1 aromatic heterocycles. The largest absolute Gasteiger partial charge is 0.453 e. The summed E-state index contributed by atoms with van der Waals surface area (Å²) in [6.07, 6.45) is 0. The second-order valence-corrected chi connectivity index (χ2v) is 7.98. The van der Waals surface area contributed by atoms with Crippen LogP contribution in [0.4, 0.5) is 5.69 Å². The van der Waals surface area contributed by atoms with Crippen molar-refractivity contribution in [1.82, 2.24) is 4.98 Å². The zero-order chi connectivity index (χ0) is 21.8. The minimum Gasteiger partial charge on any atom is -0.453 e. The van der Waals surface area contributed by atoms with E-state index in [0.717, 1.165) is 38.5 Å². The lowest BCUT2D eigenvalue weighted by molar-refractivity contribution is 0.559. The van der Waals surface area contributed by atoms with Crippen molar-refractivity contribution in [1.29, 1.82) is 0 Å². The SMILES string of the molecule is Cc1ccc(N=c2cc3oc4ccc5oc(=O)cc(C)c5c4nc-3c3ccccc23)cc1. The highest BCUT2D eigenvalue weighted by Crippen LogP contribution is 2.33. The first-order valence-electron chi connectivity index (χ1n) is 10.4. The van der Waals surface area contributed by atoms with E-state index in [4.69, 9.17) is 18.8 Å². The molecule has 6 rings (SSSR count). The molecule has 0 radical (unpaired) electrons. The highest BCUT2D eigenvalue weighted by molar-refractivity contribution is 6.05. The van der Waals surface area contributed by atoms with Crippen LogP contribution in [0.1, 0.15) is 11.1 Å². The molecule has 0 atom stereocenters. The van der Waals surface area contributed by atoms with Gasteiger partial charge in [0, 0.05) is 22.9 Å². The normalized spacial score (nSPS) is 12.4. The van der Waals surface area contributed by atoms with Gasteiger partial charge in [-0.3, -0.25) is 0 Å². The van der Waals surface area contributed by atoms with Crippen LogP contribution in [-0.2, 0) is 0 Å². The van der Waals surface area contributed by atoms with Crippen LogP contribution in [0.5, 0.6) is 0 Å². The van der Waals surface area contributed by atoms with Crippen LogP contribution in [0, 0.1) is 13.8 Å². The van der Waals surface area contributed by atoms with Crippen LogP contribution < -0.4 is 11.0 Å². The maximum Gasteiger partial charge on any atom is 0.336 e. The quantitative estimate of drug-likeness (QED) is 0.185. The van der Waals surface area contributed by atoms with E-state index in [1.54, 1.807) is 12.1 Å². The first-order chi connectivity index (χ1) is 15.6. The van der Waals surface area contributed by atoms with Crippen molar-refractivity contribution in [3.8, 4) is 11.5 Å². The molecular formula is C27H18N2O3. The van der Waals surface area contributed by atoms with E-state index in [0.29, 0.717) is 22.4 Å². The van der Waals surface area contributed by atoms with Crippen molar-refractivity contribution >= 4 is 38.5 Å². The Bertz CT molecular complexity index is 1760. The Morgan fingerprint density at radius 3 is 2.38 bits per heavy atom. The fourth-order valence-corrected chi connectivity index (χ4v) is 4.19. The summed E-state index contributed by atoms with van der Waals surface area (Å²) in [5.74, 6) is 0.649. The van der Waals surface area contributed by atoms with Crippen LogP contribution in [0.15, 0.2) is 91.4 Å². The Kier molecular flexibility index (Phi) is 3.98. The Morgan fingerprint density at radius 2 is 1.56 bits per heavy atom. The predicted octanol–water partition coefficient (Wildman–Crippen LogP) is 6.04. The molecule has 0 saturated carbocycles. The van der Waals surface area contributed by atoms with Crippen molar-refractivity contribution in [3.63, 3.8) is 0 Å². The zero-order valence-electron chi connectivity index (χ0n) is 17.5. The van der Waals surface area contributed by atoms with Crippen LogP contribution in [0.2, 0.25) is 0 Å². The van der Waals surface area contributed by atoms with Crippen LogP contribution in [-0.4, -0.2) is 4.98 Å². The van der Waals surface area contributed by atoms with Gasteiger partial charge < -0.3 is 8.83 Å². The molecule has 0 bridgehead atoms. The molecule has 3 aromatic carbocycles. The summed E-state index contributed by atoms with van der Waals surface area (Å²) in [6.45, 7) is 3.94. The van der Waals surface area contributed by atoms with Crippen LogP contribution in [0.25, 0.3) is 44.3 Å². The monoisotopic (exact) mass is 418 g/mol. The number of nitrogens with zero attached hydrogens (tertiary/aromatic N) is 2. The van der Waals surface area contributed by atoms with Gasteiger partial charge >= 0.3 is 5.63 Å². The van der Waals surface area contributed by atoms with Gasteiger partial charge in [0.15, 0.2) is 11.3 Å². The molecule has 0 unspecified atom stereocenters. The second kappa shape index (κ2) is 6.89. The summed E-state index contributed by atoms with van der Waals surface area (Å²) in [5, 5.41) is 3.55. The van der Waals surface area contributed by atoms with Gasteiger partial charge in [-0.15, -0.1) is 0 Å². The number of hydrogen-bond acceptors (Lipinski definition) is 5. The Labute approximate surface area is 182 Å². The third-order valence-electron chi connectivity index (χ3n) is 5.73. The van der Waals surface area contributed by atoms with E-state index in [1.807, 2.05) is 61.5 Å². The van der Waals surface area contributed by atoms with Crippen molar-refractivity contribution in [2.45, 2.75) is 13.8 Å². The van der Waals surface area contributed by atoms with Gasteiger partial charge in [-0.05, 0) is 43.7 Å². The van der Waals surface area contributed by atoms with E-state index >= 15 is 0 Å². The topological polar surface area (TPSA) is 68.6 Å². The Balaban J connectivity index is 1.74. The number of aryl methyl sites for hydroxylation is 2. The number of hydrogen-bond donors (Lipinski definition) is 0. The molecule has 2 heterocycles. The van der Waals surface area contributed by atoms with Crippen LogP contribution >= 0.6 is 0 Å². The zero-order valence-corrected chi connectivity index (χ0v) is 17.5. The highest BCUT2D eigenvalue weighted by atomic mass is 16.4. The van der Waals surface area contributed by atoms with Crippen molar-refractivity contribution < 1.29 is 8.83 Å². The molecule has 0 amide bonds. The smallest absolute Gasteiger partial charge is 0.336 e. The molecule has 0 N–H and O–H groups in total. The Morgan fingerprint density at radius 1 is 0.812 bits per heavy atom. The number of rotatable bonds is 1. The van der Waals surface area contributed by atoms with Gasteiger partial charge in [-0.1, -0.05) is 42.0 Å². The molecule has 1 aliphatic heterocycles. The molecular weight excluding hydrogens is 400 g/mol.